The fourth-order valence-corrected chi connectivity index (χ4v) is 0.733. The lowest BCUT2D eigenvalue weighted by atomic mass is 10.2. The fourth-order valence-electron chi connectivity index (χ4n) is 0.733. The molecule has 1 aliphatic rings. The van der Waals surface area contributed by atoms with E-state index in [0.717, 1.165) is 11.3 Å². The van der Waals surface area contributed by atoms with E-state index in [1.165, 1.54) is 0 Å². The summed E-state index contributed by atoms with van der Waals surface area (Å²) in [5.74, 6) is 0.871. The SMILES string of the molecule is [C]1=C(c2ccccc2)O1. The summed E-state index contributed by atoms with van der Waals surface area (Å²) in [6.07, 6.45) is 2.67. The van der Waals surface area contributed by atoms with Crippen molar-refractivity contribution in [3.63, 3.8) is 0 Å². The summed E-state index contributed by atoms with van der Waals surface area (Å²) in [5.41, 5.74) is 1.11. The van der Waals surface area contributed by atoms with Gasteiger partial charge < -0.3 is 4.74 Å². The monoisotopic (exact) mass is 117 g/mol. The van der Waals surface area contributed by atoms with Gasteiger partial charge in [-0.25, -0.2) is 0 Å². The first-order valence-electron chi connectivity index (χ1n) is 2.82. The summed E-state index contributed by atoms with van der Waals surface area (Å²) in [4.78, 5) is 0. The van der Waals surface area contributed by atoms with Crippen LogP contribution in [0.25, 0.3) is 5.76 Å². The van der Waals surface area contributed by atoms with Crippen LogP contribution in [0.4, 0.5) is 0 Å². The molecule has 0 aromatic heterocycles. The molecule has 0 amide bonds. The number of hydrogen-bond acceptors (Lipinski definition) is 1. The number of hydrogen-bond donors (Lipinski definition) is 0. The lowest BCUT2D eigenvalue weighted by Gasteiger charge is -1.86. The third kappa shape index (κ3) is 0.809. The third-order valence-electron chi connectivity index (χ3n) is 1.24. The van der Waals surface area contributed by atoms with E-state index >= 15 is 0 Å². The summed E-state index contributed by atoms with van der Waals surface area (Å²) in [6, 6.07) is 9.93. The maximum absolute atomic E-state index is 4.76. The van der Waals surface area contributed by atoms with Crippen molar-refractivity contribution in [1.82, 2.24) is 0 Å². The van der Waals surface area contributed by atoms with Crippen molar-refractivity contribution in [2.75, 3.05) is 0 Å². The predicted octanol–water partition coefficient (Wildman–Crippen LogP) is 1.82. The molecule has 1 aromatic carbocycles. The average Bonchev–Trinajstić information content (AvgIpc) is 2.71. The first-order valence-corrected chi connectivity index (χ1v) is 2.82. The van der Waals surface area contributed by atoms with E-state index in [2.05, 4.69) is 6.26 Å². The van der Waals surface area contributed by atoms with Crippen LogP contribution in [0.2, 0.25) is 0 Å². The second kappa shape index (κ2) is 1.62. The molecule has 0 saturated heterocycles. The van der Waals surface area contributed by atoms with Gasteiger partial charge in [0.05, 0.1) is 0 Å². The summed E-state index contributed by atoms with van der Waals surface area (Å²) in [5, 5.41) is 0. The van der Waals surface area contributed by atoms with Gasteiger partial charge in [0.2, 0.25) is 6.26 Å². The second-order valence-electron chi connectivity index (χ2n) is 1.90. The molecular formula is C8H5O. The van der Waals surface area contributed by atoms with E-state index in [-0.39, 0.29) is 0 Å². The van der Waals surface area contributed by atoms with Crippen LogP contribution < -0.4 is 0 Å². The summed E-state index contributed by atoms with van der Waals surface area (Å²) >= 11 is 0. The van der Waals surface area contributed by atoms with E-state index in [9.17, 15) is 0 Å². The zero-order valence-electron chi connectivity index (χ0n) is 4.79. The molecule has 0 aliphatic carbocycles. The third-order valence-corrected chi connectivity index (χ3v) is 1.24. The van der Waals surface area contributed by atoms with Gasteiger partial charge in [-0.2, -0.15) is 0 Å². The van der Waals surface area contributed by atoms with Gasteiger partial charge in [-0.15, -0.1) is 0 Å². The van der Waals surface area contributed by atoms with E-state index in [1.807, 2.05) is 30.3 Å². The van der Waals surface area contributed by atoms with Crippen molar-refractivity contribution >= 4 is 5.76 Å². The minimum absolute atomic E-state index is 0.871. The zero-order valence-corrected chi connectivity index (χ0v) is 4.79. The van der Waals surface area contributed by atoms with Crippen LogP contribution in [0.5, 0.6) is 0 Å². The Hall–Kier alpha value is -1.24. The van der Waals surface area contributed by atoms with E-state index in [1.54, 1.807) is 0 Å². The molecule has 1 radical (unpaired) electrons. The Kier molecular flexibility index (Phi) is 0.833. The van der Waals surface area contributed by atoms with Crippen LogP contribution in [-0.2, 0) is 4.74 Å². The number of rotatable bonds is 1. The quantitative estimate of drug-likeness (QED) is 0.546. The van der Waals surface area contributed by atoms with Crippen molar-refractivity contribution in [3.8, 4) is 0 Å². The van der Waals surface area contributed by atoms with Crippen LogP contribution in [0.1, 0.15) is 5.56 Å². The molecule has 0 N–H and O–H groups in total. The van der Waals surface area contributed by atoms with Crippen LogP contribution in [0.15, 0.2) is 30.3 Å². The Morgan fingerprint density at radius 1 is 1.11 bits per heavy atom. The molecule has 2 rings (SSSR count). The molecule has 43 valence electrons. The molecule has 9 heavy (non-hydrogen) atoms. The maximum atomic E-state index is 4.76. The lowest BCUT2D eigenvalue weighted by Crippen LogP contribution is -1.68. The zero-order chi connectivity index (χ0) is 6.10. The molecule has 0 bridgehead atoms. The topological polar surface area (TPSA) is 12.5 Å². The van der Waals surface area contributed by atoms with Crippen molar-refractivity contribution in [2.45, 2.75) is 0 Å². The largest absolute Gasteiger partial charge is 0.445 e. The first-order chi connectivity index (χ1) is 4.47. The van der Waals surface area contributed by atoms with Crippen molar-refractivity contribution < 1.29 is 4.74 Å². The van der Waals surface area contributed by atoms with Crippen molar-refractivity contribution in [3.05, 3.63) is 42.2 Å². The van der Waals surface area contributed by atoms with Gasteiger partial charge in [-0.1, -0.05) is 30.3 Å². The Labute approximate surface area is 53.6 Å². The number of benzene rings is 1. The molecule has 1 heteroatoms. The van der Waals surface area contributed by atoms with Gasteiger partial charge in [0, 0.05) is 5.56 Å². The van der Waals surface area contributed by atoms with Gasteiger partial charge in [0.25, 0.3) is 0 Å². The summed E-state index contributed by atoms with van der Waals surface area (Å²) in [6.45, 7) is 0. The smallest absolute Gasteiger partial charge is 0.217 e. The molecule has 1 heterocycles. The fraction of sp³-hybridized carbons (Fsp3) is 0. The molecule has 0 spiro atoms. The molecule has 0 atom stereocenters. The predicted molar refractivity (Wildman–Crippen MR) is 34.2 cm³/mol. The van der Waals surface area contributed by atoms with E-state index in [4.69, 9.17) is 4.74 Å². The summed E-state index contributed by atoms with van der Waals surface area (Å²) in [7, 11) is 0. The highest BCUT2D eigenvalue weighted by Gasteiger charge is 2.12. The van der Waals surface area contributed by atoms with Crippen LogP contribution in [-0.4, -0.2) is 0 Å². The Bertz CT molecular complexity index is 236. The van der Waals surface area contributed by atoms with Gasteiger partial charge in [-0.05, 0) is 0 Å². The Morgan fingerprint density at radius 2 is 1.78 bits per heavy atom. The highest BCUT2D eigenvalue weighted by molar-refractivity contribution is 5.63. The van der Waals surface area contributed by atoms with Crippen LogP contribution in [0.3, 0.4) is 0 Å². The lowest BCUT2D eigenvalue weighted by molar-refractivity contribution is 0.543. The molecule has 1 nitrogen and oxygen atoms in total. The van der Waals surface area contributed by atoms with Gasteiger partial charge in [0.15, 0.2) is 5.76 Å². The van der Waals surface area contributed by atoms with Crippen LogP contribution >= 0.6 is 0 Å². The van der Waals surface area contributed by atoms with Crippen molar-refractivity contribution in [2.24, 2.45) is 0 Å². The molecule has 1 aliphatic heterocycles. The van der Waals surface area contributed by atoms with Gasteiger partial charge in [-0.3, -0.25) is 0 Å². The van der Waals surface area contributed by atoms with Gasteiger partial charge in [0.1, 0.15) is 0 Å². The molecule has 1 aromatic rings. The Morgan fingerprint density at radius 3 is 2.33 bits per heavy atom. The average molecular weight is 117 g/mol. The van der Waals surface area contributed by atoms with Crippen molar-refractivity contribution in [1.29, 1.82) is 0 Å². The van der Waals surface area contributed by atoms with Crippen LogP contribution in [0, 0.1) is 6.26 Å². The molecular weight excluding hydrogens is 112 g/mol. The molecule has 0 fully saturated rings. The van der Waals surface area contributed by atoms with E-state index in [0.29, 0.717) is 0 Å². The van der Waals surface area contributed by atoms with E-state index < -0.39 is 0 Å². The standard InChI is InChI=1S/C8H5O/c1-2-4-7(5-3-1)8-6-9-8/h1-5H. The first kappa shape index (κ1) is 4.62. The summed E-state index contributed by atoms with van der Waals surface area (Å²) < 4.78 is 4.76. The molecule has 0 saturated carbocycles. The second-order valence-corrected chi connectivity index (χ2v) is 1.90. The minimum Gasteiger partial charge on any atom is -0.445 e. The minimum atomic E-state index is 0.871. The Balaban J connectivity index is 2.40. The number of ether oxygens (including phenoxy) is 1. The van der Waals surface area contributed by atoms with Gasteiger partial charge >= 0.3 is 0 Å². The normalized spacial score (nSPS) is 14.0. The maximum Gasteiger partial charge on any atom is 0.217 e. The molecule has 0 unspecified atom stereocenters. The highest BCUT2D eigenvalue weighted by atomic mass is 16.5. The highest BCUT2D eigenvalue weighted by Crippen LogP contribution is 2.24.